The van der Waals surface area contributed by atoms with Gasteiger partial charge in [0.1, 0.15) is 12.2 Å². The third kappa shape index (κ3) is 4.80. The number of imide groups is 1. The average molecular weight is 361 g/mol. The van der Waals surface area contributed by atoms with Crippen molar-refractivity contribution in [2.75, 3.05) is 13.1 Å². The van der Waals surface area contributed by atoms with E-state index in [1.165, 1.54) is 24.2 Å². The number of halogens is 1. The Morgan fingerprint density at radius 1 is 1.19 bits per heavy atom. The van der Waals surface area contributed by atoms with Crippen molar-refractivity contribution in [1.82, 2.24) is 15.5 Å². The predicted octanol–water partition coefficient (Wildman–Crippen LogP) is 2.24. The molecule has 4 rings (SSSR count). The van der Waals surface area contributed by atoms with Gasteiger partial charge in [0.2, 0.25) is 5.91 Å². The Morgan fingerprint density at radius 2 is 1.92 bits per heavy atom. The van der Waals surface area contributed by atoms with Crippen LogP contribution in [0.4, 0.5) is 9.18 Å². The molecular formula is C19H24FN3O3. The molecule has 4 amide bonds. The van der Waals surface area contributed by atoms with Crippen LogP contribution in [0.15, 0.2) is 24.3 Å². The lowest BCUT2D eigenvalue weighted by Gasteiger charge is -2.22. The molecule has 1 aromatic carbocycles. The lowest BCUT2D eigenvalue weighted by molar-refractivity contribution is -0.132. The number of nitrogens with zero attached hydrogens (tertiary/aromatic N) is 1. The van der Waals surface area contributed by atoms with Crippen LogP contribution in [-0.4, -0.2) is 41.9 Å². The van der Waals surface area contributed by atoms with Crippen LogP contribution in [0.1, 0.15) is 49.4 Å². The van der Waals surface area contributed by atoms with E-state index in [-0.39, 0.29) is 25.3 Å². The van der Waals surface area contributed by atoms with Gasteiger partial charge in [-0.2, -0.15) is 0 Å². The maximum Gasteiger partial charge on any atom is 0.322 e. The van der Waals surface area contributed by atoms with Crippen LogP contribution in [0, 0.1) is 0 Å². The van der Waals surface area contributed by atoms with Crippen molar-refractivity contribution in [3.05, 3.63) is 35.4 Å². The smallest absolute Gasteiger partial charge is 0.322 e. The van der Waals surface area contributed by atoms with E-state index in [1.54, 1.807) is 12.1 Å². The minimum atomic E-state index is -1.20. The molecule has 6 nitrogen and oxygen atoms in total. The predicted molar refractivity (Wildman–Crippen MR) is 94.1 cm³/mol. The standard InChI is InChI=1S/C16H18FN3O3.C3H6/c17-12-9-20(8-7-10-3-1-2-4-11(10)12)14(21)6-5-13-15(22)19-16(23)18-13;1-2-3-1/h1-4,12-13H,5-9H2,(H2,18,19,22,23);1-3H2. The van der Waals surface area contributed by atoms with Gasteiger partial charge in [0.25, 0.3) is 5.91 Å². The summed E-state index contributed by atoms with van der Waals surface area (Å²) in [5.74, 6) is -0.621. The summed E-state index contributed by atoms with van der Waals surface area (Å²) in [6.45, 7) is 0.485. The summed E-state index contributed by atoms with van der Waals surface area (Å²) in [6.07, 6.45) is 4.23. The van der Waals surface area contributed by atoms with Gasteiger partial charge in [0, 0.05) is 13.0 Å². The molecule has 0 radical (unpaired) electrons. The third-order valence-corrected chi connectivity index (χ3v) is 4.64. The normalized spacial score (nSPS) is 23.8. The molecule has 1 saturated carbocycles. The molecule has 26 heavy (non-hydrogen) atoms. The van der Waals surface area contributed by atoms with E-state index in [9.17, 15) is 18.8 Å². The first-order chi connectivity index (χ1) is 12.5. The molecule has 3 aliphatic rings. The summed E-state index contributed by atoms with van der Waals surface area (Å²) in [4.78, 5) is 36.3. The van der Waals surface area contributed by atoms with Crippen LogP contribution >= 0.6 is 0 Å². The van der Waals surface area contributed by atoms with Crippen molar-refractivity contribution in [2.45, 2.75) is 50.7 Å². The van der Waals surface area contributed by atoms with Gasteiger partial charge in [0.15, 0.2) is 0 Å². The fourth-order valence-corrected chi connectivity index (χ4v) is 3.02. The summed E-state index contributed by atoms with van der Waals surface area (Å²) >= 11 is 0. The molecule has 0 spiro atoms. The number of carbonyl (C=O) groups excluding carboxylic acids is 3. The van der Waals surface area contributed by atoms with Crippen LogP contribution in [-0.2, 0) is 16.0 Å². The molecule has 2 heterocycles. The highest BCUT2D eigenvalue weighted by atomic mass is 19.1. The topological polar surface area (TPSA) is 78.5 Å². The molecule has 1 saturated heterocycles. The van der Waals surface area contributed by atoms with E-state index in [1.807, 2.05) is 12.1 Å². The monoisotopic (exact) mass is 361 g/mol. The highest BCUT2D eigenvalue weighted by Crippen LogP contribution is 2.27. The Bertz CT molecular complexity index is 690. The van der Waals surface area contributed by atoms with Gasteiger partial charge in [0.05, 0.1) is 6.54 Å². The lowest BCUT2D eigenvalue weighted by atomic mass is 10.0. The molecule has 2 N–H and O–H groups in total. The second-order valence-corrected chi connectivity index (χ2v) is 6.87. The molecule has 1 aromatic rings. The molecule has 0 aromatic heterocycles. The fourth-order valence-electron chi connectivity index (χ4n) is 3.02. The zero-order valence-electron chi connectivity index (χ0n) is 14.7. The Labute approximate surface area is 152 Å². The number of nitrogens with one attached hydrogen (secondary N) is 2. The van der Waals surface area contributed by atoms with Crippen LogP contribution in [0.5, 0.6) is 0 Å². The van der Waals surface area contributed by atoms with Crippen molar-refractivity contribution in [1.29, 1.82) is 0 Å². The number of alkyl halides is 1. The van der Waals surface area contributed by atoms with Crippen molar-refractivity contribution in [3.63, 3.8) is 0 Å². The number of carbonyl (C=O) groups is 3. The average Bonchev–Trinajstić information content (AvgIpc) is 3.47. The van der Waals surface area contributed by atoms with Gasteiger partial charge >= 0.3 is 6.03 Å². The van der Waals surface area contributed by atoms with Gasteiger partial charge in [-0.15, -0.1) is 0 Å². The Hall–Kier alpha value is -2.44. The number of urea groups is 1. The first-order valence-electron chi connectivity index (χ1n) is 9.15. The van der Waals surface area contributed by atoms with Gasteiger partial charge in [-0.1, -0.05) is 43.5 Å². The minimum Gasteiger partial charge on any atom is -0.339 e. The molecule has 1 aliphatic carbocycles. The fraction of sp³-hybridized carbons (Fsp3) is 0.526. The SMILES string of the molecule is C1CC1.O=C1NC(=O)C(CCC(=O)N2CCc3ccccc3C(F)C2)N1. The van der Waals surface area contributed by atoms with E-state index in [2.05, 4.69) is 10.6 Å². The Kier molecular flexibility index (Phi) is 5.85. The van der Waals surface area contributed by atoms with Crippen LogP contribution in [0.25, 0.3) is 0 Å². The highest BCUT2D eigenvalue weighted by Gasteiger charge is 2.31. The molecule has 140 valence electrons. The van der Waals surface area contributed by atoms with E-state index in [4.69, 9.17) is 0 Å². The number of fused-ring (bicyclic) bond motifs is 1. The maximum absolute atomic E-state index is 14.4. The van der Waals surface area contributed by atoms with Crippen LogP contribution in [0.2, 0.25) is 0 Å². The number of hydrogen-bond acceptors (Lipinski definition) is 3. The van der Waals surface area contributed by atoms with Crippen molar-refractivity contribution >= 4 is 17.8 Å². The molecule has 2 unspecified atom stereocenters. The Morgan fingerprint density at radius 3 is 2.58 bits per heavy atom. The quantitative estimate of drug-likeness (QED) is 0.811. The molecule has 0 bridgehead atoms. The Balaban J connectivity index is 0.000000592. The van der Waals surface area contributed by atoms with Crippen molar-refractivity contribution < 1.29 is 18.8 Å². The summed E-state index contributed by atoms with van der Waals surface area (Å²) < 4.78 is 14.4. The van der Waals surface area contributed by atoms with Crippen molar-refractivity contribution in [2.24, 2.45) is 0 Å². The molecule has 2 fully saturated rings. The first kappa shape index (κ1) is 18.4. The van der Waals surface area contributed by atoms with E-state index in [0.29, 0.717) is 18.5 Å². The van der Waals surface area contributed by atoms with Crippen LogP contribution in [0.3, 0.4) is 0 Å². The molecule has 7 heteroatoms. The number of amides is 4. The second kappa shape index (κ2) is 8.29. The molecular weight excluding hydrogens is 337 g/mol. The molecule has 2 aliphatic heterocycles. The second-order valence-electron chi connectivity index (χ2n) is 6.87. The molecule has 2 atom stereocenters. The number of benzene rings is 1. The van der Waals surface area contributed by atoms with Gasteiger partial charge < -0.3 is 10.2 Å². The van der Waals surface area contributed by atoms with E-state index < -0.39 is 24.2 Å². The number of hydrogen-bond donors (Lipinski definition) is 2. The number of rotatable bonds is 3. The largest absolute Gasteiger partial charge is 0.339 e. The van der Waals surface area contributed by atoms with Crippen molar-refractivity contribution in [3.8, 4) is 0 Å². The zero-order chi connectivity index (χ0) is 18.5. The summed E-state index contributed by atoms with van der Waals surface area (Å²) in [5, 5.41) is 4.58. The zero-order valence-corrected chi connectivity index (χ0v) is 14.7. The lowest BCUT2D eigenvalue weighted by Crippen LogP contribution is -2.36. The summed E-state index contributed by atoms with van der Waals surface area (Å²) in [7, 11) is 0. The minimum absolute atomic E-state index is 0.0269. The highest BCUT2D eigenvalue weighted by molar-refractivity contribution is 6.04. The van der Waals surface area contributed by atoms with E-state index >= 15 is 0 Å². The van der Waals surface area contributed by atoms with E-state index in [0.717, 1.165) is 5.56 Å². The maximum atomic E-state index is 14.4. The summed E-state index contributed by atoms with van der Waals surface area (Å²) in [5.41, 5.74) is 1.57. The van der Waals surface area contributed by atoms with Gasteiger partial charge in [-0.25, -0.2) is 9.18 Å². The van der Waals surface area contributed by atoms with Gasteiger partial charge in [-0.05, 0) is 24.0 Å². The van der Waals surface area contributed by atoms with Gasteiger partial charge in [-0.3, -0.25) is 14.9 Å². The summed E-state index contributed by atoms with van der Waals surface area (Å²) in [6, 6.07) is 6.08. The van der Waals surface area contributed by atoms with Crippen LogP contribution < -0.4 is 10.6 Å². The first-order valence-corrected chi connectivity index (χ1v) is 9.15. The third-order valence-electron chi connectivity index (χ3n) is 4.64.